The maximum atomic E-state index is 11.9. The molecule has 1 fully saturated rings. The van der Waals surface area contributed by atoms with Gasteiger partial charge in [-0.15, -0.1) is 0 Å². The van der Waals surface area contributed by atoms with Crippen molar-refractivity contribution in [3.8, 4) is 0 Å². The molecule has 1 aliphatic rings. The molecule has 0 aromatic heterocycles. The Morgan fingerprint density at radius 3 is 2.33 bits per heavy atom. The van der Waals surface area contributed by atoms with Gasteiger partial charge in [0.1, 0.15) is 0 Å². The van der Waals surface area contributed by atoms with Crippen molar-refractivity contribution in [2.45, 2.75) is 71.3 Å². The van der Waals surface area contributed by atoms with Gasteiger partial charge in [0.2, 0.25) is 5.91 Å². The van der Waals surface area contributed by atoms with Crippen LogP contribution in [0.1, 0.15) is 65.2 Å². The van der Waals surface area contributed by atoms with E-state index in [0.717, 1.165) is 19.3 Å². The Morgan fingerprint density at radius 1 is 1.22 bits per heavy atom. The minimum absolute atomic E-state index is 0.223. The van der Waals surface area contributed by atoms with Gasteiger partial charge in [-0.05, 0) is 37.6 Å². The molecule has 0 heterocycles. The number of nitrogens with one attached hydrogen (secondary N) is 1. The van der Waals surface area contributed by atoms with Gasteiger partial charge >= 0.3 is 0 Å². The van der Waals surface area contributed by atoms with E-state index < -0.39 is 0 Å². The standard InChI is InChI=1S/C15H30N2O/c1-12(2)13(11-16)9-10-15(18)17-14-7-5-3-4-6-8-14/h12-14H,3-11,16H2,1-2H3,(H,17,18). The molecule has 1 atom stereocenters. The quantitative estimate of drug-likeness (QED) is 0.716. The molecule has 0 spiro atoms. The first-order valence-electron chi connectivity index (χ1n) is 7.63. The van der Waals surface area contributed by atoms with E-state index in [-0.39, 0.29) is 5.91 Å². The van der Waals surface area contributed by atoms with Gasteiger partial charge in [0.25, 0.3) is 0 Å². The summed E-state index contributed by atoms with van der Waals surface area (Å²) in [5.74, 6) is 1.27. The van der Waals surface area contributed by atoms with E-state index in [9.17, 15) is 4.79 Å². The fourth-order valence-electron chi connectivity index (χ4n) is 2.76. The molecule has 0 saturated heterocycles. The third-order valence-corrected chi connectivity index (χ3v) is 4.21. The number of rotatable bonds is 6. The highest BCUT2D eigenvalue weighted by Gasteiger charge is 2.17. The summed E-state index contributed by atoms with van der Waals surface area (Å²) in [5.41, 5.74) is 5.73. The zero-order valence-corrected chi connectivity index (χ0v) is 12.1. The summed E-state index contributed by atoms with van der Waals surface area (Å²) in [7, 11) is 0. The molecule has 0 bridgehead atoms. The molecule has 0 aromatic carbocycles. The second-order valence-electron chi connectivity index (χ2n) is 6.03. The van der Waals surface area contributed by atoms with E-state index in [4.69, 9.17) is 5.73 Å². The van der Waals surface area contributed by atoms with Gasteiger partial charge < -0.3 is 11.1 Å². The molecule has 106 valence electrons. The molecule has 0 aromatic rings. The third-order valence-electron chi connectivity index (χ3n) is 4.21. The van der Waals surface area contributed by atoms with Crippen molar-refractivity contribution in [2.75, 3.05) is 6.54 Å². The number of hydrogen-bond donors (Lipinski definition) is 2. The van der Waals surface area contributed by atoms with E-state index in [1.807, 2.05) is 0 Å². The average molecular weight is 254 g/mol. The van der Waals surface area contributed by atoms with Crippen LogP contribution in [0.3, 0.4) is 0 Å². The van der Waals surface area contributed by atoms with E-state index >= 15 is 0 Å². The van der Waals surface area contributed by atoms with Gasteiger partial charge in [0, 0.05) is 12.5 Å². The first-order chi connectivity index (χ1) is 8.63. The lowest BCUT2D eigenvalue weighted by Gasteiger charge is -2.20. The summed E-state index contributed by atoms with van der Waals surface area (Å²) in [4.78, 5) is 11.9. The highest BCUT2D eigenvalue weighted by Crippen LogP contribution is 2.18. The van der Waals surface area contributed by atoms with E-state index in [1.165, 1.54) is 25.7 Å². The normalized spacial score (nSPS) is 19.6. The van der Waals surface area contributed by atoms with Crippen LogP contribution in [0.5, 0.6) is 0 Å². The van der Waals surface area contributed by atoms with Gasteiger partial charge in [0.15, 0.2) is 0 Å². The number of amides is 1. The Hall–Kier alpha value is -0.570. The highest BCUT2D eigenvalue weighted by molar-refractivity contribution is 5.76. The molecule has 1 aliphatic carbocycles. The van der Waals surface area contributed by atoms with Gasteiger partial charge in [-0.3, -0.25) is 4.79 Å². The van der Waals surface area contributed by atoms with Crippen LogP contribution in [0.15, 0.2) is 0 Å². The van der Waals surface area contributed by atoms with Crippen molar-refractivity contribution in [3.63, 3.8) is 0 Å². The summed E-state index contributed by atoms with van der Waals surface area (Å²) in [6.45, 7) is 5.05. The Morgan fingerprint density at radius 2 is 1.83 bits per heavy atom. The lowest BCUT2D eigenvalue weighted by Crippen LogP contribution is -2.35. The maximum Gasteiger partial charge on any atom is 0.220 e. The Labute approximate surface area is 112 Å². The van der Waals surface area contributed by atoms with Crippen LogP contribution >= 0.6 is 0 Å². The summed E-state index contributed by atoms with van der Waals surface area (Å²) >= 11 is 0. The fourth-order valence-corrected chi connectivity index (χ4v) is 2.76. The van der Waals surface area contributed by atoms with Crippen molar-refractivity contribution in [1.29, 1.82) is 0 Å². The minimum Gasteiger partial charge on any atom is -0.353 e. The van der Waals surface area contributed by atoms with Crippen LogP contribution in [0.2, 0.25) is 0 Å². The third kappa shape index (κ3) is 5.85. The smallest absolute Gasteiger partial charge is 0.220 e. The molecule has 1 unspecified atom stereocenters. The van der Waals surface area contributed by atoms with Crippen LogP contribution in [0.4, 0.5) is 0 Å². The Kier molecular flexibility index (Phi) is 7.33. The lowest BCUT2D eigenvalue weighted by molar-refractivity contribution is -0.122. The molecule has 3 N–H and O–H groups in total. The Balaban J connectivity index is 2.23. The zero-order valence-electron chi connectivity index (χ0n) is 12.1. The number of carbonyl (C=O) groups excluding carboxylic acids is 1. The van der Waals surface area contributed by atoms with Crippen molar-refractivity contribution in [3.05, 3.63) is 0 Å². The van der Waals surface area contributed by atoms with Crippen molar-refractivity contribution >= 4 is 5.91 Å². The van der Waals surface area contributed by atoms with Crippen LogP contribution in [-0.2, 0) is 4.79 Å². The molecule has 1 rings (SSSR count). The van der Waals surface area contributed by atoms with E-state index in [1.54, 1.807) is 0 Å². The van der Waals surface area contributed by atoms with Crippen LogP contribution in [0, 0.1) is 11.8 Å². The van der Waals surface area contributed by atoms with E-state index in [0.29, 0.717) is 30.8 Å². The Bertz CT molecular complexity index is 233. The molecule has 3 heteroatoms. The largest absolute Gasteiger partial charge is 0.353 e. The summed E-state index contributed by atoms with van der Waals surface area (Å²) < 4.78 is 0. The first-order valence-corrected chi connectivity index (χ1v) is 7.63. The fraction of sp³-hybridized carbons (Fsp3) is 0.933. The molecule has 0 aliphatic heterocycles. The van der Waals surface area contributed by atoms with Gasteiger partial charge in [-0.1, -0.05) is 39.5 Å². The predicted octanol–water partition coefficient (Wildman–Crippen LogP) is 2.84. The van der Waals surface area contributed by atoms with Gasteiger partial charge in [-0.2, -0.15) is 0 Å². The number of hydrogen-bond acceptors (Lipinski definition) is 2. The lowest BCUT2D eigenvalue weighted by atomic mass is 9.91. The molecule has 0 radical (unpaired) electrons. The predicted molar refractivity (Wildman–Crippen MR) is 76.2 cm³/mol. The monoisotopic (exact) mass is 254 g/mol. The van der Waals surface area contributed by atoms with Crippen molar-refractivity contribution in [2.24, 2.45) is 17.6 Å². The average Bonchev–Trinajstić information content (AvgIpc) is 2.58. The first kappa shape index (κ1) is 15.5. The van der Waals surface area contributed by atoms with Gasteiger partial charge in [0.05, 0.1) is 0 Å². The summed E-state index contributed by atoms with van der Waals surface area (Å²) in [6, 6.07) is 0.426. The molecular weight excluding hydrogens is 224 g/mol. The SMILES string of the molecule is CC(C)C(CN)CCC(=O)NC1CCCCCC1. The van der Waals surface area contributed by atoms with Crippen LogP contribution in [0.25, 0.3) is 0 Å². The highest BCUT2D eigenvalue weighted by atomic mass is 16.1. The maximum absolute atomic E-state index is 11.9. The van der Waals surface area contributed by atoms with Crippen molar-refractivity contribution < 1.29 is 4.79 Å². The summed E-state index contributed by atoms with van der Waals surface area (Å²) in [5, 5.41) is 3.20. The summed E-state index contributed by atoms with van der Waals surface area (Å²) in [6.07, 6.45) is 9.07. The number of carbonyl (C=O) groups is 1. The molecule has 1 amide bonds. The second kappa shape index (κ2) is 8.52. The molecule has 1 saturated carbocycles. The van der Waals surface area contributed by atoms with Crippen LogP contribution in [-0.4, -0.2) is 18.5 Å². The number of nitrogens with two attached hydrogens (primary N) is 1. The molecule has 3 nitrogen and oxygen atoms in total. The van der Waals surface area contributed by atoms with Crippen LogP contribution < -0.4 is 11.1 Å². The second-order valence-corrected chi connectivity index (χ2v) is 6.03. The topological polar surface area (TPSA) is 55.1 Å². The molecular formula is C15H30N2O. The minimum atomic E-state index is 0.223. The zero-order chi connectivity index (χ0) is 13.4. The molecule has 18 heavy (non-hydrogen) atoms. The van der Waals surface area contributed by atoms with E-state index in [2.05, 4.69) is 19.2 Å². The van der Waals surface area contributed by atoms with Crippen molar-refractivity contribution in [1.82, 2.24) is 5.32 Å². The van der Waals surface area contributed by atoms with Gasteiger partial charge in [-0.25, -0.2) is 0 Å².